The number of likely N-dealkylation sites (tertiary alicyclic amines) is 1. The summed E-state index contributed by atoms with van der Waals surface area (Å²) in [4.78, 5) is 13.8. The summed E-state index contributed by atoms with van der Waals surface area (Å²) >= 11 is 0. The zero-order valence-electron chi connectivity index (χ0n) is 13.0. The van der Waals surface area contributed by atoms with Gasteiger partial charge in [0.05, 0.1) is 0 Å². The first-order valence-electron chi connectivity index (χ1n) is 7.66. The summed E-state index contributed by atoms with van der Waals surface area (Å²) in [5, 5.41) is 2.68. The second kappa shape index (κ2) is 7.74. The van der Waals surface area contributed by atoms with Gasteiger partial charge in [0.25, 0.3) is 0 Å². The van der Waals surface area contributed by atoms with E-state index in [9.17, 15) is 13.2 Å². The van der Waals surface area contributed by atoms with Crippen LogP contribution in [0.5, 0.6) is 0 Å². The largest absolute Gasteiger partial charge is 0.354 e. The maximum absolute atomic E-state index is 11.5. The Hall–Kier alpha value is -1.40. The third kappa shape index (κ3) is 5.77. The Bertz CT molecular complexity index is 587. The zero-order valence-corrected chi connectivity index (χ0v) is 13.8. The SMILES string of the molecule is CS(=O)(=O)CC(=O)NCCN1CCCC(c2ccccc2)C1. The monoisotopic (exact) mass is 324 g/mol. The van der Waals surface area contributed by atoms with Crippen molar-refractivity contribution < 1.29 is 13.2 Å². The molecule has 22 heavy (non-hydrogen) atoms. The number of hydrogen-bond donors (Lipinski definition) is 1. The molecule has 1 aliphatic rings. The minimum atomic E-state index is -3.25. The fraction of sp³-hybridized carbons (Fsp3) is 0.562. The molecule has 1 N–H and O–H groups in total. The second-order valence-corrected chi connectivity index (χ2v) is 8.11. The first kappa shape index (κ1) is 17.0. The highest BCUT2D eigenvalue weighted by atomic mass is 32.2. The first-order chi connectivity index (χ1) is 10.4. The van der Waals surface area contributed by atoms with Crippen molar-refractivity contribution in [2.75, 3.05) is 38.2 Å². The molecule has 0 saturated carbocycles. The first-order valence-corrected chi connectivity index (χ1v) is 9.72. The lowest BCUT2D eigenvalue weighted by atomic mass is 9.91. The number of rotatable bonds is 6. The minimum Gasteiger partial charge on any atom is -0.354 e. The van der Waals surface area contributed by atoms with Gasteiger partial charge >= 0.3 is 0 Å². The predicted molar refractivity (Wildman–Crippen MR) is 87.6 cm³/mol. The molecule has 1 saturated heterocycles. The average Bonchev–Trinajstić information content (AvgIpc) is 2.47. The summed E-state index contributed by atoms with van der Waals surface area (Å²) in [6, 6.07) is 10.5. The number of nitrogens with zero attached hydrogens (tertiary/aromatic N) is 1. The standard InChI is InChI=1S/C16H24N2O3S/c1-22(20,21)13-16(19)17-9-11-18-10-5-8-15(12-18)14-6-3-2-4-7-14/h2-4,6-7,15H,5,8-13H2,1H3,(H,17,19). The predicted octanol–water partition coefficient (Wildman–Crippen LogP) is 1.03. The molecule has 0 aliphatic carbocycles. The molecule has 0 spiro atoms. The van der Waals surface area contributed by atoms with Crippen LogP contribution < -0.4 is 5.32 Å². The Morgan fingerprint density at radius 2 is 2.05 bits per heavy atom. The van der Waals surface area contributed by atoms with Crippen LogP contribution in [0.4, 0.5) is 0 Å². The van der Waals surface area contributed by atoms with Gasteiger partial charge in [0.2, 0.25) is 5.91 Å². The van der Waals surface area contributed by atoms with Crippen LogP contribution in [0.2, 0.25) is 0 Å². The van der Waals surface area contributed by atoms with Crippen molar-refractivity contribution in [1.29, 1.82) is 0 Å². The highest BCUT2D eigenvalue weighted by Gasteiger charge is 2.21. The van der Waals surface area contributed by atoms with E-state index in [0.29, 0.717) is 12.5 Å². The average molecular weight is 324 g/mol. The molecule has 0 bridgehead atoms. The van der Waals surface area contributed by atoms with Crippen molar-refractivity contribution in [3.8, 4) is 0 Å². The van der Waals surface area contributed by atoms with E-state index < -0.39 is 21.5 Å². The van der Waals surface area contributed by atoms with Crippen LogP contribution in [-0.2, 0) is 14.6 Å². The molecule has 0 radical (unpaired) electrons. The van der Waals surface area contributed by atoms with E-state index >= 15 is 0 Å². The van der Waals surface area contributed by atoms with E-state index in [1.54, 1.807) is 0 Å². The second-order valence-electron chi connectivity index (χ2n) is 5.97. The number of carbonyl (C=O) groups excluding carboxylic acids is 1. The van der Waals surface area contributed by atoms with Crippen LogP contribution in [0.1, 0.15) is 24.3 Å². The lowest BCUT2D eigenvalue weighted by Gasteiger charge is -2.33. The molecular formula is C16H24N2O3S. The molecule has 1 aromatic rings. The summed E-state index contributed by atoms with van der Waals surface area (Å²) in [5.74, 6) is -0.305. The van der Waals surface area contributed by atoms with E-state index in [-0.39, 0.29) is 0 Å². The molecule has 2 rings (SSSR count). The van der Waals surface area contributed by atoms with Crippen molar-refractivity contribution in [2.45, 2.75) is 18.8 Å². The Labute approximate surface area is 132 Å². The minimum absolute atomic E-state index is 0.417. The van der Waals surface area contributed by atoms with Gasteiger partial charge < -0.3 is 10.2 Å². The maximum atomic E-state index is 11.5. The Morgan fingerprint density at radius 3 is 2.73 bits per heavy atom. The van der Waals surface area contributed by atoms with Crippen molar-refractivity contribution in [1.82, 2.24) is 10.2 Å². The lowest BCUT2D eigenvalue weighted by molar-refractivity contribution is -0.118. The van der Waals surface area contributed by atoms with Crippen LogP contribution in [0.3, 0.4) is 0 Å². The fourth-order valence-electron chi connectivity index (χ4n) is 2.90. The molecule has 1 aromatic carbocycles. The smallest absolute Gasteiger partial charge is 0.235 e. The van der Waals surface area contributed by atoms with Gasteiger partial charge in [-0.25, -0.2) is 8.42 Å². The quantitative estimate of drug-likeness (QED) is 0.849. The molecule has 1 fully saturated rings. The van der Waals surface area contributed by atoms with E-state index in [2.05, 4.69) is 34.5 Å². The molecule has 1 aliphatic heterocycles. The van der Waals surface area contributed by atoms with Crippen molar-refractivity contribution in [2.24, 2.45) is 0 Å². The Kier molecular flexibility index (Phi) is 5.97. The lowest BCUT2D eigenvalue weighted by Crippen LogP contribution is -2.41. The summed E-state index contributed by atoms with van der Waals surface area (Å²) < 4.78 is 22.1. The van der Waals surface area contributed by atoms with Crippen molar-refractivity contribution >= 4 is 15.7 Å². The van der Waals surface area contributed by atoms with Gasteiger partial charge in [-0.05, 0) is 30.9 Å². The number of piperidine rings is 1. The highest BCUT2D eigenvalue weighted by molar-refractivity contribution is 7.91. The van der Waals surface area contributed by atoms with Gasteiger partial charge in [0, 0.05) is 25.9 Å². The molecule has 1 atom stereocenters. The number of nitrogens with one attached hydrogen (secondary N) is 1. The number of amides is 1. The van der Waals surface area contributed by atoms with Crippen molar-refractivity contribution in [3.63, 3.8) is 0 Å². The molecule has 5 nitrogen and oxygen atoms in total. The number of benzene rings is 1. The van der Waals surface area contributed by atoms with Crippen LogP contribution in [0, 0.1) is 0 Å². The molecule has 0 aromatic heterocycles. The maximum Gasteiger partial charge on any atom is 0.235 e. The van der Waals surface area contributed by atoms with E-state index in [1.807, 2.05) is 6.07 Å². The summed E-state index contributed by atoms with van der Waals surface area (Å²) in [7, 11) is -3.25. The molecule has 6 heteroatoms. The fourth-order valence-corrected chi connectivity index (χ4v) is 3.48. The Balaban J connectivity index is 1.75. The van der Waals surface area contributed by atoms with Crippen molar-refractivity contribution in [3.05, 3.63) is 35.9 Å². The zero-order chi connectivity index (χ0) is 16.0. The highest BCUT2D eigenvalue weighted by Crippen LogP contribution is 2.26. The molecule has 1 amide bonds. The third-order valence-electron chi connectivity index (χ3n) is 3.92. The summed E-state index contributed by atoms with van der Waals surface area (Å²) in [6.07, 6.45) is 3.42. The number of sulfone groups is 1. The van der Waals surface area contributed by atoms with Gasteiger partial charge in [-0.1, -0.05) is 30.3 Å². The van der Waals surface area contributed by atoms with E-state index in [0.717, 1.165) is 32.3 Å². The molecule has 1 unspecified atom stereocenters. The molecular weight excluding hydrogens is 300 g/mol. The van der Waals surface area contributed by atoms with E-state index in [1.165, 1.54) is 12.0 Å². The third-order valence-corrected chi connectivity index (χ3v) is 4.71. The van der Waals surface area contributed by atoms with Gasteiger partial charge in [-0.2, -0.15) is 0 Å². The van der Waals surface area contributed by atoms with Gasteiger partial charge in [0.15, 0.2) is 9.84 Å². The molecule has 1 heterocycles. The normalized spacial score (nSPS) is 19.8. The van der Waals surface area contributed by atoms with Crippen LogP contribution in [-0.4, -0.2) is 57.4 Å². The van der Waals surface area contributed by atoms with Gasteiger partial charge in [-0.3, -0.25) is 4.79 Å². The topological polar surface area (TPSA) is 66.5 Å². The summed E-state index contributed by atoms with van der Waals surface area (Å²) in [5.41, 5.74) is 1.37. The van der Waals surface area contributed by atoms with Gasteiger partial charge in [0.1, 0.15) is 5.75 Å². The summed E-state index contributed by atoms with van der Waals surface area (Å²) in [6.45, 7) is 3.28. The van der Waals surface area contributed by atoms with Gasteiger partial charge in [-0.15, -0.1) is 0 Å². The van der Waals surface area contributed by atoms with Crippen LogP contribution in [0.25, 0.3) is 0 Å². The number of carbonyl (C=O) groups is 1. The Morgan fingerprint density at radius 1 is 1.32 bits per heavy atom. The van der Waals surface area contributed by atoms with Crippen LogP contribution in [0.15, 0.2) is 30.3 Å². The molecule has 122 valence electrons. The number of hydrogen-bond acceptors (Lipinski definition) is 4. The van der Waals surface area contributed by atoms with Crippen LogP contribution >= 0.6 is 0 Å². The van der Waals surface area contributed by atoms with E-state index in [4.69, 9.17) is 0 Å².